The molecule has 0 atom stereocenters. The first-order valence-electron chi connectivity index (χ1n) is 3.55. The van der Waals surface area contributed by atoms with Crippen LogP contribution in [0, 0.1) is 0 Å². The number of halogens is 1. The van der Waals surface area contributed by atoms with Crippen molar-refractivity contribution in [1.29, 1.82) is 0 Å². The van der Waals surface area contributed by atoms with Gasteiger partial charge in [0.2, 0.25) is 0 Å². The number of hydrazine groups is 1. The summed E-state index contributed by atoms with van der Waals surface area (Å²) in [6.45, 7) is 0. The molecule has 0 aliphatic rings. The van der Waals surface area contributed by atoms with E-state index in [9.17, 15) is 0 Å². The lowest BCUT2D eigenvalue weighted by Crippen LogP contribution is -2.19. The van der Waals surface area contributed by atoms with Crippen LogP contribution >= 0.6 is 12.4 Å². The van der Waals surface area contributed by atoms with Crippen molar-refractivity contribution in [1.82, 2.24) is 5.59 Å². The van der Waals surface area contributed by atoms with E-state index in [1.54, 1.807) is 7.11 Å². The summed E-state index contributed by atoms with van der Waals surface area (Å²) in [5.74, 6) is 0.804. The first-order chi connectivity index (χ1) is 5.86. The molecule has 4 nitrogen and oxygen atoms in total. The second kappa shape index (κ2) is 6.54. The van der Waals surface area contributed by atoms with Gasteiger partial charge >= 0.3 is 0 Å². The zero-order chi connectivity index (χ0) is 8.81. The summed E-state index contributed by atoms with van der Waals surface area (Å²) in [5.41, 5.74) is 6.21. The van der Waals surface area contributed by atoms with Crippen molar-refractivity contribution in [2.24, 2.45) is 0 Å². The zero-order valence-electron chi connectivity index (χ0n) is 7.53. The predicted octanol–water partition coefficient (Wildman–Crippen LogP) is 1.59. The predicted molar refractivity (Wildman–Crippen MR) is 54.0 cm³/mol. The fourth-order valence-corrected chi connectivity index (χ4v) is 0.811. The summed E-state index contributed by atoms with van der Waals surface area (Å²) in [6.07, 6.45) is 0. The summed E-state index contributed by atoms with van der Waals surface area (Å²) < 4.78 is 5.03. The van der Waals surface area contributed by atoms with Gasteiger partial charge in [-0.25, -0.2) is 0 Å². The van der Waals surface area contributed by atoms with Crippen LogP contribution in [0.2, 0.25) is 0 Å². The van der Waals surface area contributed by atoms with Crippen LogP contribution in [-0.2, 0) is 4.84 Å². The average Bonchev–Trinajstić information content (AvgIpc) is 2.15. The molecular weight excluding hydrogens is 192 g/mol. The monoisotopic (exact) mass is 204 g/mol. The molecule has 0 heterocycles. The van der Waals surface area contributed by atoms with E-state index >= 15 is 0 Å². The van der Waals surface area contributed by atoms with Gasteiger partial charge in [0.15, 0.2) is 0 Å². The van der Waals surface area contributed by atoms with Gasteiger partial charge in [0, 0.05) is 6.07 Å². The molecule has 0 fully saturated rings. The van der Waals surface area contributed by atoms with Crippen molar-refractivity contribution in [2.45, 2.75) is 0 Å². The quantitative estimate of drug-likeness (QED) is 0.732. The van der Waals surface area contributed by atoms with Crippen LogP contribution in [0.15, 0.2) is 24.3 Å². The highest BCUT2D eigenvalue weighted by atomic mass is 35.5. The number of hydrogen-bond acceptors (Lipinski definition) is 4. The maximum atomic E-state index is 5.03. The van der Waals surface area contributed by atoms with Crippen LogP contribution in [0.4, 0.5) is 5.69 Å². The fourth-order valence-electron chi connectivity index (χ4n) is 0.811. The van der Waals surface area contributed by atoms with Crippen molar-refractivity contribution >= 4 is 18.1 Å². The molecular formula is C8H13ClN2O2. The van der Waals surface area contributed by atoms with Crippen molar-refractivity contribution in [2.75, 3.05) is 19.6 Å². The average molecular weight is 205 g/mol. The highest BCUT2D eigenvalue weighted by Gasteiger charge is 1.92. The van der Waals surface area contributed by atoms with E-state index in [1.807, 2.05) is 24.3 Å². The minimum Gasteiger partial charge on any atom is -0.497 e. The molecule has 0 radical (unpaired) electrons. The van der Waals surface area contributed by atoms with Gasteiger partial charge in [-0.1, -0.05) is 6.07 Å². The Kier molecular flexibility index (Phi) is 6.05. The molecule has 0 saturated heterocycles. The molecule has 0 aromatic heterocycles. The van der Waals surface area contributed by atoms with Crippen LogP contribution in [0.5, 0.6) is 5.75 Å². The molecule has 0 saturated carbocycles. The largest absolute Gasteiger partial charge is 0.497 e. The third kappa shape index (κ3) is 3.98. The highest BCUT2D eigenvalue weighted by Crippen LogP contribution is 2.15. The third-order valence-electron chi connectivity index (χ3n) is 1.37. The minimum absolute atomic E-state index is 0. The molecule has 1 rings (SSSR count). The normalized spacial score (nSPS) is 8.77. The Bertz CT molecular complexity index is 245. The van der Waals surface area contributed by atoms with Gasteiger partial charge in [-0.2, -0.15) is 0 Å². The summed E-state index contributed by atoms with van der Waals surface area (Å²) in [6, 6.07) is 7.51. The summed E-state index contributed by atoms with van der Waals surface area (Å²) >= 11 is 0. The third-order valence-corrected chi connectivity index (χ3v) is 1.37. The van der Waals surface area contributed by atoms with Gasteiger partial charge in [-0.05, 0) is 12.1 Å². The Labute approximate surface area is 83.6 Å². The van der Waals surface area contributed by atoms with E-state index in [2.05, 4.69) is 15.9 Å². The fraction of sp³-hybridized carbons (Fsp3) is 0.250. The summed E-state index contributed by atoms with van der Waals surface area (Å²) in [4.78, 5) is 4.62. The lowest BCUT2D eigenvalue weighted by Gasteiger charge is -2.06. The maximum Gasteiger partial charge on any atom is 0.120 e. The van der Waals surface area contributed by atoms with Gasteiger partial charge in [-0.15, -0.1) is 18.0 Å². The number of ether oxygens (including phenoxy) is 1. The lowest BCUT2D eigenvalue weighted by atomic mass is 10.3. The molecule has 74 valence electrons. The minimum atomic E-state index is 0. The van der Waals surface area contributed by atoms with Crippen molar-refractivity contribution in [3.05, 3.63) is 24.3 Å². The second-order valence-electron chi connectivity index (χ2n) is 2.16. The molecule has 1 aromatic rings. The molecule has 0 unspecified atom stereocenters. The molecule has 5 heteroatoms. The van der Waals surface area contributed by atoms with Gasteiger partial charge < -0.3 is 4.74 Å². The van der Waals surface area contributed by atoms with Crippen molar-refractivity contribution in [3.8, 4) is 5.75 Å². The Balaban J connectivity index is 0.00000144. The van der Waals surface area contributed by atoms with Crippen molar-refractivity contribution in [3.63, 3.8) is 0 Å². The number of rotatable bonds is 4. The number of methoxy groups -OCH3 is 1. The first-order valence-corrected chi connectivity index (χ1v) is 3.55. The van der Waals surface area contributed by atoms with E-state index in [1.165, 1.54) is 7.11 Å². The van der Waals surface area contributed by atoms with Gasteiger partial charge in [0.1, 0.15) is 5.75 Å². The molecule has 0 aliphatic heterocycles. The molecule has 0 aliphatic carbocycles. The zero-order valence-corrected chi connectivity index (χ0v) is 8.35. The summed E-state index contributed by atoms with van der Waals surface area (Å²) in [5, 5.41) is 0. The number of anilines is 1. The molecule has 0 amide bonds. The molecule has 13 heavy (non-hydrogen) atoms. The SMILES string of the molecule is CONNc1cccc(OC)c1.Cl. The van der Waals surface area contributed by atoms with E-state index in [4.69, 9.17) is 4.74 Å². The van der Waals surface area contributed by atoms with Crippen LogP contribution in [0.25, 0.3) is 0 Å². The Morgan fingerprint density at radius 1 is 1.23 bits per heavy atom. The molecule has 0 bridgehead atoms. The molecule has 0 spiro atoms. The van der Waals surface area contributed by atoms with Gasteiger partial charge in [-0.3, -0.25) is 10.3 Å². The van der Waals surface area contributed by atoms with Crippen molar-refractivity contribution < 1.29 is 9.57 Å². The smallest absolute Gasteiger partial charge is 0.120 e. The number of nitrogens with one attached hydrogen (secondary N) is 2. The van der Waals surface area contributed by atoms with Crippen LogP contribution in [-0.4, -0.2) is 14.2 Å². The van der Waals surface area contributed by atoms with Crippen LogP contribution < -0.4 is 15.8 Å². The molecule has 2 N–H and O–H groups in total. The lowest BCUT2D eigenvalue weighted by molar-refractivity contribution is 0.111. The summed E-state index contributed by atoms with van der Waals surface area (Å²) in [7, 11) is 3.16. The standard InChI is InChI=1S/C8H12N2O2.ClH/c1-11-8-5-3-4-7(6-8)9-10-12-2;/h3-6,9-10H,1-2H3;1H. The second-order valence-corrected chi connectivity index (χ2v) is 2.16. The van der Waals surface area contributed by atoms with E-state index in [0.29, 0.717) is 0 Å². The first kappa shape index (κ1) is 12.0. The van der Waals surface area contributed by atoms with Crippen LogP contribution in [0.3, 0.4) is 0 Å². The number of hydrogen-bond donors (Lipinski definition) is 2. The Hall–Kier alpha value is -0.970. The van der Waals surface area contributed by atoms with E-state index < -0.39 is 0 Å². The Morgan fingerprint density at radius 2 is 2.00 bits per heavy atom. The van der Waals surface area contributed by atoms with Gasteiger partial charge in [0.05, 0.1) is 19.9 Å². The van der Waals surface area contributed by atoms with E-state index in [0.717, 1.165) is 11.4 Å². The highest BCUT2D eigenvalue weighted by molar-refractivity contribution is 5.85. The van der Waals surface area contributed by atoms with E-state index in [-0.39, 0.29) is 12.4 Å². The topological polar surface area (TPSA) is 42.5 Å². The molecule has 1 aromatic carbocycles. The maximum absolute atomic E-state index is 5.03. The Morgan fingerprint density at radius 3 is 2.62 bits per heavy atom. The number of benzene rings is 1. The van der Waals surface area contributed by atoms with Crippen LogP contribution in [0.1, 0.15) is 0 Å². The van der Waals surface area contributed by atoms with Gasteiger partial charge in [0.25, 0.3) is 0 Å².